The van der Waals surface area contributed by atoms with Crippen molar-refractivity contribution in [2.24, 2.45) is 0 Å². The van der Waals surface area contributed by atoms with E-state index in [-0.39, 0.29) is 5.91 Å². The van der Waals surface area contributed by atoms with Gasteiger partial charge in [-0.3, -0.25) is 4.79 Å². The lowest BCUT2D eigenvalue weighted by molar-refractivity contribution is 0.0784. The van der Waals surface area contributed by atoms with Crippen molar-refractivity contribution < 1.29 is 9.53 Å². The van der Waals surface area contributed by atoms with Crippen LogP contribution in [0, 0.1) is 0 Å². The van der Waals surface area contributed by atoms with Crippen molar-refractivity contribution in [2.45, 2.75) is 6.54 Å². The lowest BCUT2D eigenvalue weighted by Gasteiger charge is -2.30. The number of carbonyl (C=O) groups is 1. The van der Waals surface area contributed by atoms with Crippen LogP contribution in [0.1, 0.15) is 15.9 Å². The average Bonchev–Trinajstić information content (AvgIpc) is 2.74. The van der Waals surface area contributed by atoms with Crippen molar-refractivity contribution in [3.8, 4) is 0 Å². The number of aromatic nitrogens is 1. The molecule has 3 aromatic rings. The molecule has 0 unspecified atom stereocenters. The largest absolute Gasteiger partial charge is 0.378 e. The van der Waals surface area contributed by atoms with E-state index < -0.39 is 0 Å². The minimum Gasteiger partial charge on any atom is -0.378 e. The first-order valence-electron chi connectivity index (χ1n) is 9.24. The predicted molar refractivity (Wildman–Crippen MR) is 107 cm³/mol. The maximum absolute atomic E-state index is 13.2. The zero-order chi connectivity index (χ0) is 18.6. The summed E-state index contributed by atoms with van der Waals surface area (Å²) in [7, 11) is 1.85. The van der Waals surface area contributed by atoms with Crippen LogP contribution < -0.4 is 4.90 Å². The summed E-state index contributed by atoms with van der Waals surface area (Å²) in [5.41, 5.74) is 1.78. The number of nitrogens with zero attached hydrogens (tertiary/aromatic N) is 3. The van der Waals surface area contributed by atoms with Crippen LogP contribution in [0.3, 0.4) is 0 Å². The van der Waals surface area contributed by atoms with Crippen molar-refractivity contribution >= 4 is 22.5 Å². The Balaban J connectivity index is 1.59. The standard InChI is InChI=1S/C22H23N3O2/c1-24(16-18-8-4-7-17-6-2-3-9-19(17)18)22(26)20-10-5-11-23-21(20)25-12-14-27-15-13-25/h2-11H,12-16H2,1H3. The summed E-state index contributed by atoms with van der Waals surface area (Å²) in [5.74, 6) is 0.730. The molecule has 4 rings (SSSR count). The number of hydrogen-bond acceptors (Lipinski definition) is 4. The first kappa shape index (κ1) is 17.5. The zero-order valence-corrected chi connectivity index (χ0v) is 15.5. The second kappa shape index (κ2) is 7.76. The highest BCUT2D eigenvalue weighted by Gasteiger charge is 2.22. The molecule has 1 aromatic heterocycles. The third kappa shape index (κ3) is 3.64. The molecule has 0 N–H and O–H groups in total. The smallest absolute Gasteiger partial charge is 0.257 e. The Morgan fingerprint density at radius 3 is 2.70 bits per heavy atom. The highest BCUT2D eigenvalue weighted by molar-refractivity contribution is 5.99. The monoisotopic (exact) mass is 361 g/mol. The number of fused-ring (bicyclic) bond motifs is 1. The molecule has 0 spiro atoms. The number of morpholine rings is 1. The maximum atomic E-state index is 13.2. The fraction of sp³-hybridized carbons (Fsp3) is 0.273. The number of pyridine rings is 1. The molecule has 1 aliphatic rings. The lowest BCUT2D eigenvalue weighted by atomic mass is 10.0. The minimum absolute atomic E-state index is 0.0162. The zero-order valence-electron chi connectivity index (χ0n) is 15.5. The molecule has 138 valence electrons. The molecule has 1 saturated heterocycles. The number of hydrogen-bond donors (Lipinski definition) is 0. The minimum atomic E-state index is -0.0162. The molecule has 1 aliphatic heterocycles. The van der Waals surface area contributed by atoms with E-state index in [9.17, 15) is 4.79 Å². The second-order valence-corrected chi connectivity index (χ2v) is 6.77. The average molecular weight is 361 g/mol. The molecule has 0 atom stereocenters. The van der Waals surface area contributed by atoms with E-state index in [4.69, 9.17) is 4.74 Å². The van der Waals surface area contributed by atoms with Crippen LogP contribution in [0.4, 0.5) is 5.82 Å². The van der Waals surface area contributed by atoms with Crippen molar-refractivity contribution in [3.63, 3.8) is 0 Å². The number of amides is 1. The molecule has 1 fully saturated rings. The normalized spacial score (nSPS) is 14.3. The van der Waals surface area contributed by atoms with Crippen molar-refractivity contribution in [1.29, 1.82) is 0 Å². The Kier molecular flexibility index (Phi) is 5.03. The Morgan fingerprint density at radius 2 is 1.85 bits per heavy atom. The maximum Gasteiger partial charge on any atom is 0.257 e. The van der Waals surface area contributed by atoms with Crippen LogP contribution in [0.2, 0.25) is 0 Å². The lowest BCUT2D eigenvalue weighted by Crippen LogP contribution is -2.38. The Hall–Kier alpha value is -2.92. The summed E-state index contributed by atoms with van der Waals surface area (Å²) in [5, 5.41) is 2.37. The third-order valence-electron chi connectivity index (χ3n) is 4.96. The Labute approximate surface area is 159 Å². The molecule has 0 saturated carbocycles. The number of carbonyl (C=O) groups excluding carboxylic acids is 1. The topological polar surface area (TPSA) is 45.7 Å². The van der Waals surface area contributed by atoms with Gasteiger partial charge in [0.05, 0.1) is 18.8 Å². The fourth-order valence-electron chi connectivity index (χ4n) is 3.55. The first-order valence-corrected chi connectivity index (χ1v) is 9.24. The molecule has 27 heavy (non-hydrogen) atoms. The molecule has 5 nitrogen and oxygen atoms in total. The van der Waals surface area contributed by atoms with Crippen LogP contribution in [0.15, 0.2) is 60.8 Å². The number of ether oxygens (including phenoxy) is 1. The Morgan fingerprint density at radius 1 is 1.07 bits per heavy atom. The highest BCUT2D eigenvalue weighted by atomic mass is 16.5. The highest BCUT2D eigenvalue weighted by Crippen LogP contribution is 2.23. The van der Waals surface area contributed by atoms with Gasteiger partial charge in [0.15, 0.2) is 0 Å². The number of benzene rings is 2. The number of anilines is 1. The summed E-state index contributed by atoms with van der Waals surface area (Å²) in [4.78, 5) is 21.6. The quantitative estimate of drug-likeness (QED) is 0.715. The van der Waals surface area contributed by atoms with Gasteiger partial charge in [-0.2, -0.15) is 0 Å². The third-order valence-corrected chi connectivity index (χ3v) is 4.96. The van der Waals surface area contributed by atoms with E-state index in [1.54, 1.807) is 11.1 Å². The van der Waals surface area contributed by atoms with Crippen molar-refractivity contribution in [3.05, 3.63) is 71.9 Å². The summed E-state index contributed by atoms with van der Waals surface area (Å²) >= 11 is 0. The van der Waals surface area contributed by atoms with E-state index in [1.165, 1.54) is 10.8 Å². The fourth-order valence-corrected chi connectivity index (χ4v) is 3.55. The van der Waals surface area contributed by atoms with E-state index >= 15 is 0 Å². The van der Waals surface area contributed by atoms with Gasteiger partial charge in [0, 0.05) is 32.9 Å². The molecule has 2 aromatic carbocycles. The van der Waals surface area contributed by atoms with Gasteiger partial charge in [-0.15, -0.1) is 0 Å². The summed E-state index contributed by atoms with van der Waals surface area (Å²) < 4.78 is 5.42. The van der Waals surface area contributed by atoms with Gasteiger partial charge < -0.3 is 14.5 Å². The Bertz CT molecular complexity index is 946. The van der Waals surface area contributed by atoms with Gasteiger partial charge in [-0.05, 0) is 28.5 Å². The molecule has 0 aliphatic carbocycles. The van der Waals surface area contributed by atoms with Gasteiger partial charge in [0.2, 0.25) is 0 Å². The predicted octanol–water partition coefficient (Wildman–Crippen LogP) is 3.34. The van der Waals surface area contributed by atoms with E-state index in [1.807, 2.05) is 37.4 Å². The van der Waals surface area contributed by atoms with Crippen LogP contribution >= 0.6 is 0 Å². The number of rotatable bonds is 4. The second-order valence-electron chi connectivity index (χ2n) is 6.77. The van der Waals surface area contributed by atoms with Gasteiger partial charge in [-0.1, -0.05) is 42.5 Å². The van der Waals surface area contributed by atoms with Crippen LogP contribution in [0.5, 0.6) is 0 Å². The van der Waals surface area contributed by atoms with E-state index in [0.29, 0.717) is 25.3 Å². The summed E-state index contributed by atoms with van der Waals surface area (Å²) in [6.07, 6.45) is 1.74. The molecular weight excluding hydrogens is 338 g/mol. The van der Waals surface area contributed by atoms with Crippen molar-refractivity contribution in [2.75, 3.05) is 38.3 Å². The van der Waals surface area contributed by atoms with Crippen LogP contribution in [0.25, 0.3) is 10.8 Å². The molecule has 0 radical (unpaired) electrons. The van der Waals surface area contributed by atoms with Crippen LogP contribution in [-0.2, 0) is 11.3 Å². The van der Waals surface area contributed by atoms with Gasteiger partial charge in [-0.25, -0.2) is 4.98 Å². The van der Waals surface area contributed by atoms with Crippen LogP contribution in [-0.4, -0.2) is 49.1 Å². The van der Waals surface area contributed by atoms with Gasteiger partial charge >= 0.3 is 0 Å². The summed E-state index contributed by atoms with van der Waals surface area (Å²) in [6.45, 7) is 3.39. The SMILES string of the molecule is CN(Cc1cccc2ccccc12)C(=O)c1cccnc1N1CCOCC1. The molecule has 1 amide bonds. The first-order chi connectivity index (χ1) is 13.2. The molecule has 2 heterocycles. The van der Waals surface area contributed by atoms with Crippen molar-refractivity contribution in [1.82, 2.24) is 9.88 Å². The van der Waals surface area contributed by atoms with E-state index in [2.05, 4.69) is 34.1 Å². The molecule has 5 heteroatoms. The molecule has 0 bridgehead atoms. The van der Waals surface area contributed by atoms with Gasteiger partial charge in [0.1, 0.15) is 5.82 Å². The molecular formula is C22H23N3O2. The van der Waals surface area contributed by atoms with E-state index in [0.717, 1.165) is 24.5 Å². The summed E-state index contributed by atoms with van der Waals surface area (Å²) in [6, 6.07) is 18.2. The van der Waals surface area contributed by atoms with Gasteiger partial charge in [0.25, 0.3) is 5.91 Å².